The molecule has 47 heavy (non-hydrogen) atoms. The number of benzene rings is 6. The summed E-state index contributed by atoms with van der Waals surface area (Å²) in [7, 11) is 0. The molecule has 2 atom stereocenters. The van der Waals surface area contributed by atoms with Gasteiger partial charge in [-0.05, 0) is 0 Å². The van der Waals surface area contributed by atoms with Crippen LogP contribution in [0.5, 0.6) is 0 Å². The van der Waals surface area contributed by atoms with Crippen molar-refractivity contribution in [2.45, 2.75) is 15.7 Å². The quantitative estimate of drug-likeness (QED) is 0.152. The van der Waals surface area contributed by atoms with E-state index < -0.39 is 17.0 Å². The van der Waals surface area contributed by atoms with Crippen molar-refractivity contribution in [3.05, 3.63) is 203 Å². The van der Waals surface area contributed by atoms with Gasteiger partial charge in [-0.25, -0.2) is 0 Å². The topological polar surface area (TPSA) is 0 Å². The van der Waals surface area contributed by atoms with Gasteiger partial charge in [-0.15, -0.1) is 24.8 Å². The minimum absolute atomic E-state index is 0. The fraction of sp³-hybridized carbons (Fsp3) is 0.0909. The molecule has 232 valence electrons. The summed E-state index contributed by atoms with van der Waals surface area (Å²) in [5.74, 6) is 0. The summed E-state index contributed by atoms with van der Waals surface area (Å²) >= 11 is -5.89. The van der Waals surface area contributed by atoms with Crippen LogP contribution in [0.1, 0.15) is 44.4 Å². The predicted molar refractivity (Wildman–Crippen MR) is 203 cm³/mol. The fourth-order valence-corrected chi connectivity index (χ4v) is 55.6. The van der Waals surface area contributed by atoms with E-state index in [1.54, 1.807) is 0 Å². The molecule has 0 N–H and O–H groups in total. The Kier molecular flexibility index (Phi) is 7.56. The van der Waals surface area contributed by atoms with Gasteiger partial charge in [-0.3, -0.25) is 0 Å². The first-order valence-electron chi connectivity index (χ1n) is 16.3. The molecule has 0 aromatic heterocycles. The molecular formula is C44H38Cl2Hf. The Balaban J connectivity index is 0.00000176. The number of fused-ring (bicyclic) bond motifs is 5. The maximum atomic E-state index is 2.87. The number of allylic oxidation sites excluding steroid dienone is 2. The van der Waals surface area contributed by atoms with E-state index >= 15 is 0 Å². The van der Waals surface area contributed by atoms with Gasteiger partial charge in [0.25, 0.3) is 0 Å². The molecule has 0 amide bonds. The molecule has 3 heteroatoms. The van der Waals surface area contributed by atoms with E-state index in [9.17, 15) is 0 Å². The van der Waals surface area contributed by atoms with Gasteiger partial charge in [-0.2, -0.15) is 0 Å². The Bertz CT molecular complexity index is 2050. The molecule has 0 saturated heterocycles. The Hall–Kier alpha value is -3.75. The predicted octanol–water partition coefficient (Wildman–Crippen LogP) is 11.1. The molecule has 0 heterocycles. The first-order chi connectivity index (χ1) is 22.1. The molecule has 0 aliphatic heterocycles. The van der Waals surface area contributed by atoms with E-state index in [1.807, 2.05) is 0 Å². The third kappa shape index (κ3) is 3.69. The van der Waals surface area contributed by atoms with Gasteiger partial charge in [0.1, 0.15) is 0 Å². The van der Waals surface area contributed by atoms with Gasteiger partial charge in [0.2, 0.25) is 0 Å². The van der Waals surface area contributed by atoms with E-state index in [2.05, 4.69) is 187 Å². The summed E-state index contributed by atoms with van der Waals surface area (Å²) in [5, 5.41) is 0. The second-order valence-electron chi connectivity index (χ2n) is 14.1. The van der Waals surface area contributed by atoms with Gasteiger partial charge in [-0.1, -0.05) is 0 Å². The Morgan fingerprint density at radius 2 is 0.723 bits per heavy atom. The number of halogens is 2. The number of hydrogen-bond donors (Lipinski definition) is 0. The Morgan fingerprint density at radius 3 is 1.15 bits per heavy atom. The van der Waals surface area contributed by atoms with Gasteiger partial charge in [0.15, 0.2) is 0 Å². The van der Waals surface area contributed by atoms with Crippen LogP contribution in [-0.2, 0) is 17.0 Å². The molecule has 0 bridgehead atoms. The van der Waals surface area contributed by atoms with Crippen molar-refractivity contribution in [1.29, 1.82) is 0 Å². The van der Waals surface area contributed by atoms with Crippen LogP contribution >= 0.6 is 24.8 Å². The SMILES string of the molecule is Cl.Cl.[CH3][Hf]([c]1ccccc1)([c]1ccccc1)([CH]1C=Cc2ccccc21)([CH]1C=Cc2ccccc21)[CH]1c2ccccc2-c2ccccc21. The van der Waals surface area contributed by atoms with Crippen LogP contribution in [-0.4, -0.2) is 0 Å². The van der Waals surface area contributed by atoms with E-state index in [1.165, 1.54) is 51.1 Å². The molecule has 6 aromatic carbocycles. The van der Waals surface area contributed by atoms with Crippen molar-refractivity contribution in [3.63, 3.8) is 0 Å². The van der Waals surface area contributed by atoms with Crippen molar-refractivity contribution in [2.24, 2.45) is 0 Å². The summed E-state index contributed by atoms with van der Waals surface area (Å²) in [6.07, 6.45) is 10.1. The molecule has 0 radical (unpaired) electrons. The molecule has 9 rings (SSSR count). The molecule has 2 unspecified atom stereocenters. The molecular weight excluding hydrogens is 778 g/mol. The fourth-order valence-electron chi connectivity index (χ4n) is 10.9. The Labute approximate surface area is 288 Å². The normalized spacial score (nSPS) is 18.5. The summed E-state index contributed by atoms with van der Waals surface area (Å²) in [4.78, 5) is 0. The van der Waals surface area contributed by atoms with E-state index in [4.69, 9.17) is 0 Å². The van der Waals surface area contributed by atoms with E-state index in [0.29, 0.717) is 0 Å². The summed E-state index contributed by atoms with van der Waals surface area (Å²) in [6.45, 7) is 0. The van der Waals surface area contributed by atoms with Gasteiger partial charge < -0.3 is 0 Å². The van der Waals surface area contributed by atoms with Crippen molar-refractivity contribution >= 4 is 43.6 Å². The standard InChI is InChI=1S/C13H9.2C9H7.2C6H5.CH3.2ClH.Hf/c1-3-7-12-10(5-1)9-11-6-2-4-8-13(11)12;2*1-2-5-9-7-3-6-8(9)4-1;2*1-2-4-6-5-3-1;;;;/h1-9H;2*1-7H;2*1-5H;1H3;2*1H;. The van der Waals surface area contributed by atoms with Crippen molar-refractivity contribution < 1.29 is 17.0 Å². The zero-order chi connectivity index (χ0) is 30.1. The van der Waals surface area contributed by atoms with E-state index in [0.717, 1.165) is 0 Å². The summed E-state index contributed by atoms with van der Waals surface area (Å²) in [6, 6.07) is 60.8. The van der Waals surface area contributed by atoms with Crippen molar-refractivity contribution in [3.8, 4) is 11.1 Å². The second kappa shape index (κ2) is 11.2. The van der Waals surface area contributed by atoms with Crippen LogP contribution in [0.2, 0.25) is 4.68 Å². The van der Waals surface area contributed by atoms with Crippen LogP contribution in [0.4, 0.5) is 0 Å². The zero-order valence-electron chi connectivity index (χ0n) is 26.4. The van der Waals surface area contributed by atoms with Crippen molar-refractivity contribution in [2.75, 3.05) is 0 Å². The number of rotatable bonds is 5. The second-order valence-corrected chi connectivity index (χ2v) is 45.3. The first-order valence-corrected chi connectivity index (χ1v) is 29.7. The van der Waals surface area contributed by atoms with Crippen LogP contribution in [0, 0.1) is 0 Å². The molecule has 0 nitrogen and oxygen atoms in total. The molecule has 0 fully saturated rings. The third-order valence-electron chi connectivity index (χ3n) is 12.7. The van der Waals surface area contributed by atoms with Crippen molar-refractivity contribution in [1.82, 2.24) is 0 Å². The molecule has 0 spiro atoms. The molecule has 6 aromatic rings. The maximum absolute atomic E-state index is 5.89. The average Bonchev–Trinajstić information content (AvgIpc) is 3.85. The van der Waals surface area contributed by atoms with Gasteiger partial charge in [0.05, 0.1) is 0 Å². The summed E-state index contributed by atoms with van der Waals surface area (Å²) in [5.41, 5.74) is 11.4. The third-order valence-corrected chi connectivity index (χ3v) is 55.0. The Morgan fingerprint density at radius 1 is 0.383 bits per heavy atom. The number of hydrogen-bond acceptors (Lipinski definition) is 0. The average molecular weight is 816 g/mol. The molecule has 0 saturated carbocycles. The molecule has 3 aliphatic rings. The minimum atomic E-state index is -5.89. The first kappa shape index (κ1) is 31.8. The monoisotopic (exact) mass is 816 g/mol. The van der Waals surface area contributed by atoms with E-state index in [-0.39, 0.29) is 35.8 Å². The summed E-state index contributed by atoms with van der Waals surface area (Å²) < 4.78 is 6.52. The van der Waals surface area contributed by atoms with Crippen LogP contribution in [0.15, 0.2) is 170 Å². The molecule has 3 aliphatic carbocycles. The zero-order valence-corrected chi connectivity index (χ0v) is 31.6. The van der Waals surface area contributed by atoms with Crippen LogP contribution < -0.4 is 6.64 Å². The van der Waals surface area contributed by atoms with Crippen LogP contribution in [0.3, 0.4) is 0 Å². The van der Waals surface area contributed by atoms with Gasteiger partial charge in [0, 0.05) is 0 Å². The van der Waals surface area contributed by atoms with Gasteiger partial charge >= 0.3 is 266 Å². The van der Waals surface area contributed by atoms with Crippen LogP contribution in [0.25, 0.3) is 23.3 Å².